The standard InChI is InChI=1S/C22H32O5/c1-14-8-6-9-15(2)12-19(26-17(4)23)18-13-20(27-21(24)16(18)3)22(5,25)11-7-10-14/h9-10,18-20,25H,3,6-8,11-13H2,1-2,4-5H3/b14-10-,15-9-. The van der Waals surface area contributed by atoms with Crippen molar-refractivity contribution >= 4 is 11.9 Å². The SMILES string of the molecule is C=C1C(=O)OC2CC1C(OC(C)=O)C/C(C)=C\CC/C(C)=C\CCC2(C)O. The number of allylic oxidation sites excluding steroid dienone is 3. The van der Waals surface area contributed by atoms with Gasteiger partial charge in [0.25, 0.3) is 0 Å². The Morgan fingerprint density at radius 2 is 1.96 bits per heavy atom. The molecule has 1 N–H and O–H groups in total. The highest BCUT2D eigenvalue weighted by Crippen LogP contribution is 2.37. The molecule has 150 valence electrons. The first-order valence-corrected chi connectivity index (χ1v) is 9.70. The second-order valence-electron chi connectivity index (χ2n) is 8.15. The lowest BCUT2D eigenvalue weighted by Crippen LogP contribution is -2.49. The Hall–Kier alpha value is -1.88. The van der Waals surface area contributed by atoms with Gasteiger partial charge < -0.3 is 14.6 Å². The first-order valence-electron chi connectivity index (χ1n) is 9.70. The number of hydrogen-bond donors (Lipinski definition) is 1. The van der Waals surface area contributed by atoms with E-state index in [0.717, 1.165) is 18.4 Å². The smallest absolute Gasteiger partial charge is 0.334 e. The average Bonchev–Trinajstić information content (AvgIpc) is 2.55. The van der Waals surface area contributed by atoms with Gasteiger partial charge in [0, 0.05) is 24.8 Å². The Balaban J connectivity index is 2.38. The summed E-state index contributed by atoms with van der Waals surface area (Å²) < 4.78 is 11.1. The van der Waals surface area contributed by atoms with E-state index in [1.54, 1.807) is 6.92 Å². The molecule has 2 bridgehead atoms. The molecule has 0 aromatic heterocycles. The highest BCUT2D eigenvalue weighted by Gasteiger charge is 2.45. The molecular formula is C22H32O5. The van der Waals surface area contributed by atoms with Crippen LogP contribution in [0.3, 0.4) is 0 Å². The number of carbonyl (C=O) groups is 2. The molecule has 5 nitrogen and oxygen atoms in total. The second kappa shape index (κ2) is 8.87. The lowest BCUT2D eigenvalue weighted by molar-refractivity contribution is -0.174. The minimum atomic E-state index is -1.15. The zero-order valence-corrected chi connectivity index (χ0v) is 16.9. The molecule has 2 rings (SSSR count). The first-order chi connectivity index (χ1) is 12.6. The minimum absolute atomic E-state index is 0.309. The summed E-state index contributed by atoms with van der Waals surface area (Å²) in [4.78, 5) is 24.1. The van der Waals surface area contributed by atoms with Crippen molar-refractivity contribution in [3.63, 3.8) is 0 Å². The monoisotopic (exact) mass is 376 g/mol. The molecule has 1 saturated heterocycles. The van der Waals surface area contributed by atoms with Gasteiger partial charge in [-0.15, -0.1) is 0 Å². The molecule has 1 fully saturated rings. The quantitative estimate of drug-likeness (QED) is 0.425. The molecule has 0 radical (unpaired) electrons. The normalized spacial score (nSPS) is 37.1. The predicted molar refractivity (Wildman–Crippen MR) is 104 cm³/mol. The van der Waals surface area contributed by atoms with Crippen LogP contribution >= 0.6 is 0 Å². The Kier molecular flexibility index (Phi) is 7.04. The Morgan fingerprint density at radius 1 is 1.30 bits per heavy atom. The van der Waals surface area contributed by atoms with Crippen LogP contribution in [0.1, 0.15) is 66.2 Å². The predicted octanol–water partition coefficient (Wildman–Crippen LogP) is 4.01. The lowest BCUT2D eigenvalue weighted by Gasteiger charge is -2.40. The summed E-state index contributed by atoms with van der Waals surface area (Å²) >= 11 is 0. The Morgan fingerprint density at radius 3 is 2.63 bits per heavy atom. The van der Waals surface area contributed by atoms with E-state index in [1.807, 2.05) is 6.92 Å². The molecule has 0 amide bonds. The van der Waals surface area contributed by atoms with Gasteiger partial charge in [-0.1, -0.05) is 29.9 Å². The van der Waals surface area contributed by atoms with Crippen LogP contribution in [0.5, 0.6) is 0 Å². The largest absolute Gasteiger partial charge is 0.462 e. The first kappa shape index (κ1) is 21.4. The number of fused-ring (bicyclic) bond motifs is 2. The summed E-state index contributed by atoms with van der Waals surface area (Å²) in [7, 11) is 0. The second-order valence-corrected chi connectivity index (χ2v) is 8.15. The number of aliphatic hydroxyl groups is 1. The maximum Gasteiger partial charge on any atom is 0.334 e. The fraction of sp³-hybridized carbons (Fsp3) is 0.636. The van der Waals surface area contributed by atoms with Crippen LogP contribution < -0.4 is 0 Å². The van der Waals surface area contributed by atoms with Gasteiger partial charge in [-0.05, 0) is 52.9 Å². The number of esters is 2. The van der Waals surface area contributed by atoms with Gasteiger partial charge in [0.05, 0.1) is 5.60 Å². The minimum Gasteiger partial charge on any atom is -0.462 e. The van der Waals surface area contributed by atoms with E-state index in [0.29, 0.717) is 31.3 Å². The molecule has 2 aliphatic rings. The number of rotatable bonds is 1. The third kappa shape index (κ3) is 5.80. The van der Waals surface area contributed by atoms with Gasteiger partial charge in [0.1, 0.15) is 12.2 Å². The van der Waals surface area contributed by atoms with Crippen molar-refractivity contribution in [3.05, 3.63) is 35.5 Å². The van der Waals surface area contributed by atoms with Crippen molar-refractivity contribution in [1.29, 1.82) is 0 Å². The molecule has 5 heteroatoms. The van der Waals surface area contributed by atoms with Gasteiger partial charge in [-0.25, -0.2) is 4.79 Å². The summed E-state index contributed by atoms with van der Waals surface area (Å²) in [5.41, 5.74) is 1.54. The molecule has 4 unspecified atom stereocenters. The van der Waals surface area contributed by atoms with E-state index in [4.69, 9.17) is 9.47 Å². The van der Waals surface area contributed by atoms with E-state index in [-0.39, 0.29) is 11.9 Å². The van der Waals surface area contributed by atoms with Crippen LogP contribution in [-0.4, -0.2) is 34.9 Å². The maximum absolute atomic E-state index is 12.4. The molecule has 0 aromatic carbocycles. The molecule has 1 aliphatic carbocycles. The molecule has 4 atom stereocenters. The van der Waals surface area contributed by atoms with Gasteiger partial charge in [-0.2, -0.15) is 0 Å². The topological polar surface area (TPSA) is 72.8 Å². The summed E-state index contributed by atoms with van der Waals surface area (Å²) in [6.45, 7) is 11.1. The third-order valence-corrected chi connectivity index (χ3v) is 5.58. The van der Waals surface area contributed by atoms with Crippen molar-refractivity contribution in [2.75, 3.05) is 0 Å². The van der Waals surface area contributed by atoms with Gasteiger partial charge in [0.15, 0.2) is 0 Å². The summed E-state index contributed by atoms with van der Waals surface area (Å²) in [5, 5.41) is 11.0. The Bertz CT molecular complexity index is 656. The highest BCUT2D eigenvalue weighted by atomic mass is 16.6. The fourth-order valence-electron chi connectivity index (χ4n) is 3.83. The molecule has 0 aromatic rings. The van der Waals surface area contributed by atoms with Crippen LogP contribution in [0.4, 0.5) is 0 Å². The third-order valence-electron chi connectivity index (χ3n) is 5.58. The van der Waals surface area contributed by atoms with Crippen LogP contribution in [0, 0.1) is 5.92 Å². The van der Waals surface area contributed by atoms with E-state index >= 15 is 0 Å². The Labute approximate surface area is 162 Å². The van der Waals surface area contributed by atoms with Crippen LogP contribution in [0.15, 0.2) is 35.5 Å². The van der Waals surface area contributed by atoms with Crippen molar-refractivity contribution in [1.82, 2.24) is 0 Å². The highest BCUT2D eigenvalue weighted by molar-refractivity contribution is 5.89. The summed E-state index contributed by atoms with van der Waals surface area (Å²) in [6, 6.07) is 0. The molecule has 0 saturated carbocycles. The fourth-order valence-corrected chi connectivity index (χ4v) is 3.83. The summed E-state index contributed by atoms with van der Waals surface area (Å²) in [5.74, 6) is -1.27. The summed E-state index contributed by atoms with van der Waals surface area (Å²) in [6.07, 6.45) is 7.17. The van der Waals surface area contributed by atoms with Crippen LogP contribution in [0.2, 0.25) is 0 Å². The van der Waals surface area contributed by atoms with Crippen molar-refractivity contribution in [2.45, 2.75) is 84.0 Å². The van der Waals surface area contributed by atoms with Gasteiger partial charge >= 0.3 is 11.9 Å². The molecule has 0 spiro atoms. The number of hydrogen-bond acceptors (Lipinski definition) is 5. The number of ether oxygens (including phenoxy) is 2. The van der Waals surface area contributed by atoms with Crippen LogP contribution in [0.25, 0.3) is 0 Å². The van der Waals surface area contributed by atoms with Crippen molar-refractivity contribution in [3.8, 4) is 0 Å². The zero-order chi connectivity index (χ0) is 20.2. The van der Waals surface area contributed by atoms with Gasteiger partial charge in [0.2, 0.25) is 0 Å². The van der Waals surface area contributed by atoms with Gasteiger partial charge in [-0.3, -0.25) is 4.79 Å². The van der Waals surface area contributed by atoms with Crippen molar-refractivity contribution in [2.24, 2.45) is 5.92 Å². The molecule has 1 aliphatic heterocycles. The number of carbonyl (C=O) groups excluding carboxylic acids is 2. The molecule has 27 heavy (non-hydrogen) atoms. The van der Waals surface area contributed by atoms with E-state index < -0.39 is 23.8 Å². The van der Waals surface area contributed by atoms with E-state index in [2.05, 4.69) is 25.7 Å². The van der Waals surface area contributed by atoms with Crippen LogP contribution in [-0.2, 0) is 19.1 Å². The zero-order valence-electron chi connectivity index (χ0n) is 16.9. The maximum atomic E-state index is 12.4. The average molecular weight is 376 g/mol. The van der Waals surface area contributed by atoms with E-state index in [9.17, 15) is 14.7 Å². The molecular weight excluding hydrogens is 344 g/mol. The lowest BCUT2D eigenvalue weighted by atomic mass is 9.78. The van der Waals surface area contributed by atoms with E-state index in [1.165, 1.54) is 12.5 Å². The molecule has 1 heterocycles. The van der Waals surface area contributed by atoms with Crippen molar-refractivity contribution < 1.29 is 24.2 Å².